The predicted octanol–water partition coefficient (Wildman–Crippen LogP) is 2.90. The first kappa shape index (κ1) is 9.52. The number of thioether (sulfide) groups is 1. The van der Waals surface area contributed by atoms with Crippen molar-refractivity contribution in [1.82, 2.24) is 4.98 Å². The highest BCUT2D eigenvalue weighted by Gasteiger charge is 2.03. The van der Waals surface area contributed by atoms with Crippen molar-refractivity contribution in [1.29, 1.82) is 0 Å². The van der Waals surface area contributed by atoms with Crippen molar-refractivity contribution in [3.8, 4) is 0 Å². The zero-order valence-electron chi connectivity index (χ0n) is 7.30. The van der Waals surface area contributed by atoms with Crippen molar-refractivity contribution < 1.29 is 4.39 Å². The largest absolute Gasteiger partial charge is 0.247 e. The molecule has 0 N–H and O–H groups in total. The van der Waals surface area contributed by atoms with Gasteiger partial charge in [-0.05, 0) is 23.8 Å². The Balaban J connectivity index is 2.87. The first-order chi connectivity index (χ1) is 5.77. The van der Waals surface area contributed by atoms with Gasteiger partial charge in [-0.15, -0.1) is 11.8 Å². The van der Waals surface area contributed by atoms with E-state index in [0.717, 1.165) is 17.7 Å². The molecular formula is C9H12FNS. The van der Waals surface area contributed by atoms with Gasteiger partial charge in [0.25, 0.3) is 0 Å². The average Bonchev–Trinajstić information content (AvgIpc) is 2.09. The summed E-state index contributed by atoms with van der Waals surface area (Å²) in [6, 6.07) is 1.56. The third kappa shape index (κ3) is 2.21. The number of aromatic nitrogens is 1. The molecule has 0 atom stereocenters. The molecule has 12 heavy (non-hydrogen) atoms. The van der Waals surface area contributed by atoms with E-state index in [1.807, 2.05) is 13.8 Å². The summed E-state index contributed by atoms with van der Waals surface area (Å²) >= 11 is 1.43. The number of hydrogen-bond donors (Lipinski definition) is 0. The number of aryl methyl sites for hydroxylation is 1. The lowest BCUT2D eigenvalue weighted by atomic mass is 10.2. The van der Waals surface area contributed by atoms with Crippen molar-refractivity contribution in [2.24, 2.45) is 0 Å². The average molecular weight is 185 g/mol. The lowest BCUT2D eigenvalue weighted by molar-refractivity contribution is 0.585. The number of pyridine rings is 1. The molecule has 0 saturated heterocycles. The summed E-state index contributed by atoms with van der Waals surface area (Å²) in [5.41, 5.74) is 0.952. The van der Waals surface area contributed by atoms with Gasteiger partial charge in [0.05, 0.1) is 0 Å². The smallest absolute Gasteiger partial charge is 0.155 e. The van der Waals surface area contributed by atoms with Gasteiger partial charge in [-0.2, -0.15) is 0 Å². The molecule has 0 amide bonds. The Labute approximate surface area is 76.4 Å². The van der Waals surface area contributed by atoms with E-state index in [2.05, 4.69) is 4.98 Å². The SMILES string of the molecule is CCSc1ncc(CC)cc1F. The maximum Gasteiger partial charge on any atom is 0.155 e. The molecule has 0 aliphatic heterocycles. The molecule has 1 heterocycles. The van der Waals surface area contributed by atoms with Crippen molar-refractivity contribution in [3.05, 3.63) is 23.6 Å². The Morgan fingerprint density at radius 3 is 2.75 bits per heavy atom. The minimum Gasteiger partial charge on any atom is -0.247 e. The lowest BCUT2D eigenvalue weighted by Gasteiger charge is -2.01. The van der Waals surface area contributed by atoms with Gasteiger partial charge >= 0.3 is 0 Å². The van der Waals surface area contributed by atoms with Crippen molar-refractivity contribution in [3.63, 3.8) is 0 Å². The van der Waals surface area contributed by atoms with E-state index in [1.54, 1.807) is 12.3 Å². The van der Waals surface area contributed by atoms with Crippen molar-refractivity contribution in [2.45, 2.75) is 25.3 Å². The fourth-order valence-corrected chi connectivity index (χ4v) is 1.50. The van der Waals surface area contributed by atoms with Crippen molar-refractivity contribution in [2.75, 3.05) is 5.75 Å². The highest BCUT2D eigenvalue weighted by atomic mass is 32.2. The van der Waals surface area contributed by atoms with Gasteiger partial charge in [0.2, 0.25) is 0 Å². The Morgan fingerprint density at radius 2 is 2.25 bits per heavy atom. The van der Waals surface area contributed by atoms with Crippen LogP contribution in [0, 0.1) is 5.82 Å². The number of rotatable bonds is 3. The van der Waals surface area contributed by atoms with Crippen LogP contribution in [0.5, 0.6) is 0 Å². The maximum absolute atomic E-state index is 13.1. The normalized spacial score (nSPS) is 10.2. The first-order valence-electron chi connectivity index (χ1n) is 4.05. The summed E-state index contributed by atoms with van der Waals surface area (Å²) in [6.45, 7) is 3.97. The number of hydrogen-bond acceptors (Lipinski definition) is 2. The molecular weight excluding hydrogens is 173 g/mol. The minimum absolute atomic E-state index is 0.193. The predicted molar refractivity (Wildman–Crippen MR) is 50.0 cm³/mol. The maximum atomic E-state index is 13.1. The Kier molecular flexibility index (Phi) is 3.53. The molecule has 0 saturated carbocycles. The molecule has 0 aliphatic carbocycles. The van der Waals surface area contributed by atoms with Crippen LogP contribution in [0.2, 0.25) is 0 Å². The van der Waals surface area contributed by atoms with Gasteiger partial charge in [0.1, 0.15) is 5.03 Å². The summed E-state index contributed by atoms with van der Waals surface area (Å²) in [7, 11) is 0. The summed E-state index contributed by atoms with van der Waals surface area (Å²) < 4.78 is 13.1. The molecule has 1 nitrogen and oxygen atoms in total. The first-order valence-corrected chi connectivity index (χ1v) is 5.03. The van der Waals surface area contributed by atoms with Gasteiger partial charge in [-0.1, -0.05) is 13.8 Å². The van der Waals surface area contributed by atoms with Crippen LogP contribution in [0.3, 0.4) is 0 Å². The van der Waals surface area contributed by atoms with Gasteiger partial charge < -0.3 is 0 Å². The molecule has 0 aromatic carbocycles. The molecule has 0 fully saturated rings. The van der Waals surface area contributed by atoms with Crippen LogP contribution in [-0.2, 0) is 6.42 Å². The van der Waals surface area contributed by atoms with Gasteiger partial charge in [0.15, 0.2) is 5.82 Å². The summed E-state index contributed by atoms with van der Waals surface area (Å²) in [5.74, 6) is 0.663. The van der Waals surface area contributed by atoms with Gasteiger partial charge in [0, 0.05) is 6.20 Å². The third-order valence-electron chi connectivity index (χ3n) is 1.55. The molecule has 1 aromatic heterocycles. The second-order valence-corrected chi connectivity index (χ2v) is 3.67. The number of halogens is 1. The molecule has 0 aliphatic rings. The van der Waals surface area contributed by atoms with Crippen LogP contribution in [0.25, 0.3) is 0 Å². The molecule has 0 radical (unpaired) electrons. The van der Waals surface area contributed by atoms with E-state index >= 15 is 0 Å². The third-order valence-corrected chi connectivity index (χ3v) is 2.42. The van der Waals surface area contributed by atoms with E-state index < -0.39 is 0 Å². The van der Waals surface area contributed by atoms with Crippen LogP contribution in [0.15, 0.2) is 17.3 Å². The Morgan fingerprint density at radius 1 is 1.50 bits per heavy atom. The number of nitrogens with zero attached hydrogens (tertiary/aromatic N) is 1. The van der Waals surface area contributed by atoms with Crippen LogP contribution < -0.4 is 0 Å². The Hall–Kier alpha value is -0.570. The standard InChI is InChI=1S/C9H12FNS/c1-3-7-5-8(10)9(11-6-7)12-4-2/h5-6H,3-4H2,1-2H3. The topological polar surface area (TPSA) is 12.9 Å². The summed E-state index contributed by atoms with van der Waals surface area (Å²) in [5, 5.41) is 0.509. The van der Waals surface area contributed by atoms with Crippen LogP contribution in [0.4, 0.5) is 4.39 Å². The molecule has 66 valence electrons. The van der Waals surface area contributed by atoms with E-state index in [9.17, 15) is 4.39 Å². The summed E-state index contributed by atoms with van der Waals surface area (Å²) in [6.07, 6.45) is 2.57. The highest BCUT2D eigenvalue weighted by molar-refractivity contribution is 7.99. The fraction of sp³-hybridized carbons (Fsp3) is 0.444. The van der Waals surface area contributed by atoms with Gasteiger partial charge in [-0.25, -0.2) is 9.37 Å². The molecule has 0 unspecified atom stereocenters. The van der Waals surface area contributed by atoms with Crippen molar-refractivity contribution >= 4 is 11.8 Å². The molecule has 1 aromatic rings. The monoisotopic (exact) mass is 185 g/mol. The fourth-order valence-electron chi connectivity index (χ4n) is 0.901. The Bertz CT molecular complexity index is 263. The molecule has 1 rings (SSSR count). The summed E-state index contributed by atoms with van der Waals surface area (Å²) in [4.78, 5) is 4.03. The highest BCUT2D eigenvalue weighted by Crippen LogP contribution is 2.19. The quantitative estimate of drug-likeness (QED) is 0.671. The minimum atomic E-state index is -0.193. The van der Waals surface area contributed by atoms with Crippen LogP contribution in [0.1, 0.15) is 19.4 Å². The van der Waals surface area contributed by atoms with Crippen LogP contribution >= 0.6 is 11.8 Å². The van der Waals surface area contributed by atoms with Crippen LogP contribution in [-0.4, -0.2) is 10.7 Å². The van der Waals surface area contributed by atoms with E-state index in [-0.39, 0.29) is 5.82 Å². The lowest BCUT2D eigenvalue weighted by Crippen LogP contribution is -1.90. The van der Waals surface area contributed by atoms with E-state index in [0.29, 0.717) is 5.03 Å². The van der Waals surface area contributed by atoms with E-state index in [4.69, 9.17) is 0 Å². The second-order valence-electron chi connectivity index (χ2n) is 2.42. The second kappa shape index (κ2) is 4.45. The zero-order valence-corrected chi connectivity index (χ0v) is 8.12. The molecule has 0 bridgehead atoms. The zero-order chi connectivity index (χ0) is 8.97. The molecule has 0 spiro atoms. The van der Waals surface area contributed by atoms with E-state index in [1.165, 1.54) is 11.8 Å². The van der Waals surface area contributed by atoms with Gasteiger partial charge in [-0.3, -0.25) is 0 Å². The molecule has 3 heteroatoms.